The van der Waals surface area contributed by atoms with E-state index in [1.165, 1.54) is 0 Å². The minimum absolute atomic E-state index is 0.0852. The van der Waals surface area contributed by atoms with Crippen LogP contribution in [0.4, 0.5) is 0 Å². The molecule has 0 saturated carbocycles. The van der Waals surface area contributed by atoms with Crippen LogP contribution in [0.2, 0.25) is 0 Å². The van der Waals surface area contributed by atoms with Gasteiger partial charge in [-0.1, -0.05) is 38.5 Å². The standard InChI is InChI=1S/C51H89N5O19/c57-38-29-46-72-35-50(74-46,48(38)66)33-70-25-11-9-15-40(59)52-21-13-23-54-42(61)19-27-68-31-37(56-44(63)17-7-5-3-1-2-4-6-8-18-45(64)65)32-69-28-20-43(62)55-24-14-22-53-41(60)16-10-12-26-71-34-51-36-73-47(75-51)30-39(58)49(51)67/h37-39,46-49,57-58,66-67H,1-36H2,(H,52,59)(H,53,60)(H,54,61)(H,55,62)(H,56,63)(H,64,65)/t38-,39-,46+,47+,48-,49-,50+,51+/m1/s1. The van der Waals surface area contributed by atoms with E-state index < -0.39 is 60.2 Å². The number of carboxylic acids is 1. The lowest BCUT2D eigenvalue weighted by molar-refractivity contribution is -0.224. The number of ether oxygens (including phenoxy) is 8. The molecule has 0 aliphatic carbocycles. The molecule has 4 heterocycles. The Hall–Kier alpha value is -3.66. The first kappa shape index (κ1) is 63.9. The number of aliphatic hydroxyl groups excluding tert-OH is 4. The van der Waals surface area contributed by atoms with Gasteiger partial charge < -0.3 is 90.0 Å². The van der Waals surface area contributed by atoms with Gasteiger partial charge in [0.25, 0.3) is 0 Å². The highest BCUT2D eigenvalue weighted by atomic mass is 16.8. The van der Waals surface area contributed by atoms with Gasteiger partial charge in [-0.2, -0.15) is 0 Å². The first-order valence-electron chi connectivity index (χ1n) is 27.4. The first-order chi connectivity index (χ1) is 36.2. The highest BCUT2D eigenvalue weighted by molar-refractivity contribution is 5.77. The number of nitrogens with one attached hydrogen (secondary N) is 5. The van der Waals surface area contributed by atoms with Gasteiger partial charge in [0.15, 0.2) is 12.6 Å². The first-order valence-corrected chi connectivity index (χ1v) is 27.4. The summed E-state index contributed by atoms with van der Waals surface area (Å²) in [6, 6.07) is -0.517. The van der Waals surface area contributed by atoms with E-state index >= 15 is 0 Å². The van der Waals surface area contributed by atoms with E-state index in [1.807, 2.05) is 0 Å². The summed E-state index contributed by atoms with van der Waals surface area (Å²) >= 11 is 0. The van der Waals surface area contributed by atoms with Gasteiger partial charge >= 0.3 is 5.97 Å². The molecule has 24 nitrogen and oxygen atoms in total. The molecule has 0 radical (unpaired) electrons. The van der Waals surface area contributed by atoms with Crippen molar-refractivity contribution >= 4 is 35.5 Å². The molecule has 0 aromatic rings. The number of aliphatic carboxylic acids is 1. The number of aliphatic hydroxyl groups is 4. The number of hydrogen-bond acceptors (Lipinski definition) is 18. The molecule has 4 saturated heterocycles. The van der Waals surface area contributed by atoms with Crippen LogP contribution >= 0.6 is 0 Å². The fourth-order valence-corrected chi connectivity index (χ4v) is 9.09. The van der Waals surface area contributed by atoms with Crippen molar-refractivity contribution in [3.63, 3.8) is 0 Å². The summed E-state index contributed by atoms with van der Waals surface area (Å²) in [6.07, 6.45) is 7.36. The van der Waals surface area contributed by atoms with Crippen molar-refractivity contribution < 1.29 is 92.2 Å². The number of fused-ring (bicyclic) bond motifs is 4. The zero-order chi connectivity index (χ0) is 54.2. The fourth-order valence-electron chi connectivity index (χ4n) is 9.09. The minimum Gasteiger partial charge on any atom is -0.481 e. The summed E-state index contributed by atoms with van der Waals surface area (Å²) in [6.45, 7) is 3.08. The molecule has 8 atom stereocenters. The van der Waals surface area contributed by atoms with Gasteiger partial charge in [0.1, 0.15) is 23.4 Å². The van der Waals surface area contributed by atoms with Crippen LogP contribution in [0, 0.1) is 0 Å². The number of carbonyl (C=O) groups excluding carboxylic acids is 5. The molecule has 5 amide bonds. The fraction of sp³-hybridized carbons (Fsp3) is 0.882. The number of hydrogen-bond donors (Lipinski definition) is 10. The van der Waals surface area contributed by atoms with Crippen LogP contribution in [0.3, 0.4) is 0 Å². The molecular formula is C51H89N5O19. The topological polar surface area (TPSA) is 338 Å². The van der Waals surface area contributed by atoms with Crippen molar-refractivity contribution in [3.8, 4) is 0 Å². The summed E-state index contributed by atoms with van der Waals surface area (Å²) in [5.41, 5.74) is -2.14. The third-order valence-corrected chi connectivity index (χ3v) is 13.5. The number of rotatable bonds is 44. The Morgan fingerprint density at radius 1 is 0.453 bits per heavy atom. The monoisotopic (exact) mass is 1080 g/mol. The number of unbranched alkanes of at least 4 members (excludes halogenated alkanes) is 9. The lowest BCUT2D eigenvalue weighted by atomic mass is 9.91. The van der Waals surface area contributed by atoms with Crippen LogP contribution in [0.1, 0.15) is 141 Å². The summed E-state index contributed by atoms with van der Waals surface area (Å²) < 4.78 is 45.3. The van der Waals surface area contributed by atoms with Crippen LogP contribution in [0.25, 0.3) is 0 Å². The summed E-state index contributed by atoms with van der Waals surface area (Å²) in [5, 5.41) is 63.8. The normalized spacial score (nSPS) is 24.8. The van der Waals surface area contributed by atoms with Crippen LogP contribution < -0.4 is 26.6 Å². The predicted molar refractivity (Wildman–Crippen MR) is 268 cm³/mol. The molecule has 4 aliphatic rings. The highest BCUT2D eigenvalue weighted by Crippen LogP contribution is 2.38. The van der Waals surface area contributed by atoms with E-state index in [1.54, 1.807) is 0 Å². The van der Waals surface area contributed by atoms with Crippen molar-refractivity contribution in [1.82, 2.24) is 26.6 Å². The Labute approximate surface area is 441 Å². The number of carbonyl (C=O) groups is 6. The lowest BCUT2D eigenvalue weighted by Gasteiger charge is -2.38. The number of amides is 5. The van der Waals surface area contributed by atoms with Crippen LogP contribution in [-0.4, -0.2) is 208 Å². The molecular weight excluding hydrogens is 987 g/mol. The molecule has 4 fully saturated rings. The molecule has 0 aromatic carbocycles. The number of carboxylic acid groups (broad SMARTS) is 1. The molecule has 0 aromatic heterocycles. The molecule has 0 unspecified atom stereocenters. The van der Waals surface area contributed by atoms with Gasteiger partial charge in [-0.05, 0) is 51.4 Å². The third kappa shape index (κ3) is 25.6. The highest BCUT2D eigenvalue weighted by Gasteiger charge is 2.56. The van der Waals surface area contributed by atoms with Gasteiger partial charge in [-0.15, -0.1) is 0 Å². The van der Waals surface area contributed by atoms with Crippen molar-refractivity contribution in [2.75, 3.05) is 92.2 Å². The molecule has 4 bridgehead atoms. The molecule has 10 N–H and O–H groups in total. The molecule has 24 heteroatoms. The quantitative estimate of drug-likeness (QED) is 0.0368. The molecule has 4 aliphatic heterocycles. The van der Waals surface area contributed by atoms with Gasteiger partial charge in [0.05, 0.1) is 71.1 Å². The molecule has 0 spiro atoms. The van der Waals surface area contributed by atoms with Crippen LogP contribution in [-0.2, 0) is 66.7 Å². The van der Waals surface area contributed by atoms with E-state index in [4.69, 9.17) is 43.0 Å². The van der Waals surface area contributed by atoms with Gasteiger partial charge in [0, 0.05) is 90.8 Å². The van der Waals surface area contributed by atoms with E-state index in [0.717, 1.165) is 38.5 Å². The lowest BCUT2D eigenvalue weighted by Crippen LogP contribution is -2.57. The second kappa shape index (κ2) is 36.4. The summed E-state index contributed by atoms with van der Waals surface area (Å²) in [5.74, 6) is -1.59. The molecule has 4 rings (SSSR count). The minimum atomic E-state index is -1.09. The average Bonchev–Trinajstić information content (AvgIpc) is 3.94. The molecule has 432 valence electrons. The van der Waals surface area contributed by atoms with Gasteiger partial charge in [0.2, 0.25) is 29.5 Å². The second-order valence-corrected chi connectivity index (χ2v) is 20.1. The largest absolute Gasteiger partial charge is 0.481 e. The SMILES string of the molecule is O=C(O)CCCCCCCCCCC(=O)NC(COCCC(=O)NCCCNC(=O)CCCCOC[C@]12CO[C@H](C[C@@H](O)[C@H]1O)O2)COCCC(=O)NCCCNC(=O)CCCCOC[C@]12CO[C@H](C[C@@H](O)[C@H]1O)O2. The summed E-state index contributed by atoms with van der Waals surface area (Å²) in [7, 11) is 0. The van der Waals surface area contributed by atoms with Crippen molar-refractivity contribution in [2.45, 2.75) is 195 Å². The Bertz CT molecular complexity index is 1590. The summed E-state index contributed by atoms with van der Waals surface area (Å²) in [4.78, 5) is 73.1. The van der Waals surface area contributed by atoms with Crippen molar-refractivity contribution in [1.29, 1.82) is 0 Å². The Morgan fingerprint density at radius 2 is 0.827 bits per heavy atom. The maximum absolute atomic E-state index is 12.9. The zero-order valence-electron chi connectivity index (χ0n) is 43.9. The van der Waals surface area contributed by atoms with Gasteiger partial charge in [-0.3, -0.25) is 28.8 Å². The van der Waals surface area contributed by atoms with E-state index in [0.29, 0.717) is 110 Å². The van der Waals surface area contributed by atoms with E-state index in [2.05, 4.69) is 26.6 Å². The predicted octanol–water partition coefficient (Wildman–Crippen LogP) is 0.363. The van der Waals surface area contributed by atoms with Crippen LogP contribution in [0.5, 0.6) is 0 Å². The Morgan fingerprint density at radius 3 is 1.25 bits per heavy atom. The maximum Gasteiger partial charge on any atom is 0.303 e. The smallest absolute Gasteiger partial charge is 0.303 e. The average molecular weight is 1080 g/mol. The Balaban J connectivity index is 0.999. The van der Waals surface area contributed by atoms with Crippen molar-refractivity contribution in [3.05, 3.63) is 0 Å². The maximum atomic E-state index is 12.9. The van der Waals surface area contributed by atoms with Crippen molar-refractivity contribution in [2.24, 2.45) is 0 Å². The van der Waals surface area contributed by atoms with E-state index in [9.17, 15) is 49.2 Å². The second-order valence-electron chi connectivity index (χ2n) is 20.1. The van der Waals surface area contributed by atoms with Gasteiger partial charge in [-0.25, -0.2) is 0 Å². The Kier molecular flexibility index (Phi) is 31.0. The zero-order valence-corrected chi connectivity index (χ0v) is 43.9. The third-order valence-electron chi connectivity index (χ3n) is 13.5. The van der Waals surface area contributed by atoms with E-state index in [-0.39, 0.29) is 114 Å². The van der Waals surface area contributed by atoms with Crippen LogP contribution in [0.15, 0.2) is 0 Å². The molecule has 75 heavy (non-hydrogen) atoms.